The quantitative estimate of drug-likeness (QED) is 0.822. The van der Waals surface area contributed by atoms with Gasteiger partial charge < -0.3 is 20.3 Å². The standard InChI is InChI=1S/C20H30N4O3/c1-14-12-24(13-15(2)27-14)17-8-9-21-18(10-17)20(26)22-11-19(25)23-16-6-4-3-5-7-16/h8-10,14-16H,3-7,11-13H2,1-2H3,(H,22,26)(H,23,25)/t14-,15-/m1/s1. The first-order valence-electron chi connectivity index (χ1n) is 9.95. The molecule has 2 atom stereocenters. The molecule has 27 heavy (non-hydrogen) atoms. The first-order chi connectivity index (χ1) is 13.0. The van der Waals surface area contributed by atoms with Gasteiger partial charge >= 0.3 is 0 Å². The minimum Gasteiger partial charge on any atom is -0.372 e. The molecule has 2 N–H and O–H groups in total. The maximum atomic E-state index is 12.4. The molecular formula is C20H30N4O3. The molecule has 0 spiro atoms. The van der Waals surface area contributed by atoms with Crippen LogP contribution >= 0.6 is 0 Å². The highest BCUT2D eigenvalue weighted by molar-refractivity contribution is 5.95. The Balaban J connectivity index is 1.53. The maximum absolute atomic E-state index is 12.4. The van der Waals surface area contributed by atoms with Crippen LogP contribution < -0.4 is 15.5 Å². The minimum atomic E-state index is -0.329. The second-order valence-electron chi connectivity index (χ2n) is 7.65. The summed E-state index contributed by atoms with van der Waals surface area (Å²) in [6.07, 6.45) is 7.53. The van der Waals surface area contributed by atoms with Crippen molar-refractivity contribution in [3.8, 4) is 0 Å². The van der Waals surface area contributed by atoms with E-state index in [1.54, 1.807) is 12.3 Å². The second-order valence-corrected chi connectivity index (χ2v) is 7.65. The van der Waals surface area contributed by atoms with Crippen LogP contribution in [0.3, 0.4) is 0 Å². The van der Waals surface area contributed by atoms with Gasteiger partial charge in [0.2, 0.25) is 5.91 Å². The molecule has 2 amide bonds. The van der Waals surface area contributed by atoms with Crippen LogP contribution in [0.15, 0.2) is 18.3 Å². The second kappa shape index (κ2) is 9.17. The third kappa shape index (κ3) is 5.66. The molecule has 148 valence electrons. The van der Waals surface area contributed by atoms with Gasteiger partial charge in [-0.15, -0.1) is 0 Å². The SMILES string of the molecule is C[C@@H]1CN(c2ccnc(C(=O)NCC(=O)NC3CCCCC3)c2)C[C@@H](C)O1. The Hall–Kier alpha value is -2.15. The average molecular weight is 374 g/mol. The Morgan fingerprint density at radius 2 is 1.89 bits per heavy atom. The molecule has 7 nitrogen and oxygen atoms in total. The Labute approximate surface area is 160 Å². The van der Waals surface area contributed by atoms with Gasteiger partial charge in [-0.3, -0.25) is 14.6 Å². The third-order valence-corrected chi connectivity index (χ3v) is 5.14. The summed E-state index contributed by atoms with van der Waals surface area (Å²) >= 11 is 0. The van der Waals surface area contributed by atoms with E-state index in [2.05, 4.69) is 20.5 Å². The summed E-state index contributed by atoms with van der Waals surface area (Å²) in [5, 5.41) is 5.68. The summed E-state index contributed by atoms with van der Waals surface area (Å²) in [6.45, 7) is 5.62. The smallest absolute Gasteiger partial charge is 0.270 e. The topological polar surface area (TPSA) is 83.6 Å². The Kier molecular flexibility index (Phi) is 6.66. The van der Waals surface area contributed by atoms with Gasteiger partial charge in [-0.05, 0) is 38.8 Å². The molecule has 3 rings (SSSR count). The van der Waals surface area contributed by atoms with Crippen LogP contribution in [0.4, 0.5) is 5.69 Å². The van der Waals surface area contributed by atoms with Gasteiger partial charge in [-0.25, -0.2) is 0 Å². The molecule has 2 aliphatic rings. The molecule has 0 aromatic carbocycles. The van der Waals surface area contributed by atoms with Gasteiger partial charge in [-0.1, -0.05) is 19.3 Å². The number of carbonyl (C=O) groups is 2. The number of anilines is 1. The van der Waals surface area contributed by atoms with Crippen LogP contribution in [0.1, 0.15) is 56.4 Å². The monoisotopic (exact) mass is 374 g/mol. The highest BCUT2D eigenvalue weighted by atomic mass is 16.5. The zero-order chi connectivity index (χ0) is 19.2. The number of nitrogens with one attached hydrogen (secondary N) is 2. The predicted octanol–water partition coefficient (Wildman–Crippen LogP) is 1.87. The maximum Gasteiger partial charge on any atom is 0.270 e. The van der Waals surface area contributed by atoms with Crippen molar-refractivity contribution in [3.63, 3.8) is 0 Å². The van der Waals surface area contributed by atoms with Crippen molar-refractivity contribution in [3.05, 3.63) is 24.0 Å². The van der Waals surface area contributed by atoms with E-state index in [4.69, 9.17) is 4.74 Å². The summed E-state index contributed by atoms with van der Waals surface area (Å²) in [6, 6.07) is 3.92. The number of amides is 2. The molecule has 1 aromatic heterocycles. The molecule has 0 radical (unpaired) electrons. The zero-order valence-electron chi connectivity index (χ0n) is 16.2. The Morgan fingerprint density at radius 3 is 2.59 bits per heavy atom. The number of morpholine rings is 1. The van der Waals surface area contributed by atoms with Crippen molar-refractivity contribution in [2.75, 3.05) is 24.5 Å². The van der Waals surface area contributed by atoms with Crippen LogP contribution in [0.25, 0.3) is 0 Å². The van der Waals surface area contributed by atoms with Crippen molar-refractivity contribution in [2.45, 2.75) is 64.2 Å². The molecule has 0 bridgehead atoms. The number of pyridine rings is 1. The Bertz CT molecular complexity index is 650. The normalized spacial score (nSPS) is 23.7. The van der Waals surface area contributed by atoms with E-state index >= 15 is 0 Å². The highest BCUT2D eigenvalue weighted by Crippen LogP contribution is 2.20. The van der Waals surface area contributed by atoms with E-state index in [9.17, 15) is 9.59 Å². The van der Waals surface area contributed by atoms with Crippen LogP contribution in [0.2, 0.25) is 0 Å². The van der Waals surface area contributed by atoms with Crippen molar-refractivity contribution >= 4 is 17.5 Å². The number of nitrogens with zero attached hydrogens (tertiary/aromatic N) is 2. The first-order valence-corrected chi connectivity index (χ1v) is 9.95. The lowest BCUT2D eigenvalue weighted by atomic mass is 9.95. The third-order valence-electron chi connectivity index (χ3n) is 5.14. The van der Waals surface area contributed by atoms with Crippen molar-refractivity contribution in [1.29, 1.82) is 0 Å². The highest BCUT2D eigenvalue weighted by Gasteiger charge is 2.23. The first kappa shape index (κ1) is 19.6. The number of hydrogen-bond acceptors (Lipinski definition) is 5. The van der Waals surface area contributed by atoms with Crippen LogP contribution in [-0.2, 0) is 9.53 Å². The molecule has 2 fully saturated rings. The van der Waals surface area contributed by atoms with Crippen LogP contribution in [0.5, 0.6) is 0 Å². The fraction of sp³-hybridized carbons (Fsp3) is 0.650. The van der Waals surface area contributed by atoms with E-state index < -0.39 is 0 Å². The number of ether oxygens (including phenoxy) is 1. The predicted molar refractivity (Wildman–Crippen MR) is 104 cm³/mol. The number of aromatic nitrogens is 1. The largest absolute Gasteiger partial charge is 0.372 e. The fourth-order valence-electron chi connectivity index (χ4n) is 3.91. The molecule has 1 aromatic rings. The Morgan fingerprint density at radius 1 is 1.19 bits per heavy atom. The van der Waals surface area contributed by atoms with Gasteiger partial charge in [0, 0.05) is 31.0 Å². The lowest BCUT2D eigenvalue weighted by molar-refractivity contribution is -0.121. The molecular weight excluding hydrogens is 344 g/mol. The van der Waals surface area contributed by atoms with Gasteiger partial charge in [0.25, 0.3) is 5.91 Å². The molecule has 1 aliphatic carbocycles. The summed E-state index contributed by atoms with van der Waals surface area (Å²) in [5.41, 5.74) is 1.27. The molecule has 2 heterocycles. The number of hydrogen-bond donors (Lipinski definition) is 2. The van der Waals surface area contributed by atoms with Crippen molar-refractivity contribution in [2.24, 2.45) is 0 Å². The van der Waals surface area contributed by atoms with E-state index in [1.807, 2.05) is 19.9 Å². The van der Waals surface area contributed by atoms with Crippen LogP contribution in [0, 0.1) is 0 Å². The van der Waals surface area contributed by atoms with E-state index in [0.29, 0.717) is 5.69 Å². The lowest BCUT2D eigenvalue weighted by Crippen LogP contribution is -2.45. The lowest BCUT2D eigenvalue weighted by Gasteiger charge is -2.36. The average Bonchev–Trinajstić information content (AvgIpc) is 2.66. The van der Waals surface area contributed by atoms with Crippen molar-refractivity contribution < 1.29 is 14.3 Å². The molecule has 7 heteroatoms. The van der Waals surface area contributed by atoms with E-state index in [1.165, 1.54) is 6.42 Å². The van der Waals surface area contributed by atoms with Gasteiger partial charge in [-0.2, -0.15) is 0 Å². The van der Waals surface area contributed by atoms with E-state index in [0.717, 1.165) is 44.5 Å². The van der Waals surface area contributed by atoms with Crippen molar-refractivity contribution in [1.82, 2.24) is 15.6 Å². The fourth-order valence-corrected chi connectivity index (χ4v) is 3.91. The number of rotatable bonds is 5. The summed E-state index contributed by atoms with van der Waals surface area (Å²) in [7, 11) is 0. The van der Waals surface area contributed by atoms with E-state index in [-0.39, 0.29) is 36.6 Å². The van der Waals surface area contributed by atoms with Gasteiger partial charge in [0.05, 0.1) is 18.8 Å². The molecule has 0 unspecified atom stereocenters. The molecule has 1 saturated heterocycles. The summed E-state index contributed by atoms with van der Waals surface area (Å²) in [4.78, 5) is 30.8. The molecule has 1 aliphatic heterocycles. The number of carbonyl (C=O) groups excluding carboxylic acids is 2. The van der Waals surface area contributed by atoms with Gasteiger partial charge in [0.15, 0.2) is 0 Å². The summed E-state index contributed by atoms with van der Waals surface area (Å²) < 4.78 is 5.76. The van der Waals surface area contributed by atoms with Crippen LogP contribution in [-0.4, -0.2) is 54.7 Å². The zero-order valence-corrected chi connectivity index (χ0v) is 16.2. The molecule has 1 saturated carbocycles. The summed E-state index contributed by atoms with van der Waals surface area (Å²) in [5.74, 6) is -0.466. The minimum absolute atomic E-state index is 0.0210. The van der Waals surface area contributed by atoms with Gasteiger partial charge in [0.1, 0.15) is 5.69 Å².